The van der Waals surface area contributed by atoms with Crippen LogP contribution in [0.5, 0.6) is 11.5 Å². The Bertz CT molecular complexity index is 1810. The Balaban J connectivity index is 0.000000377. The van der Waals surface area contributed by atoms with E-state index in [0.29, 0.717) is 61.4 Å². The van der Waals surface area contributed by atoms with Crippen LogP contribution in [-0.4, -0.2) is 79.1 Å². The molecule has 4 heterocycles. The third kappa shape index (κ3) is 6.42. The summed E-state index contributed by atoms with van der Waals surface area (Å²) in [5.41, 5.74) is 1.25. The molecule has 11 nitrogen and oxygen atoms in total. The second-order valence-electron chi connectivity index (χ2n) is 11.8. The van der Waals surface area contributed by atoms with E-state index in [9.17, 15) is 29.8 Å². The van der Waals surface area contributed by atoms with Crippen molar-refractivity contribution in [3.63, 3.8) is 0 Å². The molecule has 14 heteroatoms. The normalized spacial score (nSPS) is 19.6. The van der Waals surface area contributed by atoms with E-state index >= 15 is 0 Å². The zero-order valence-electron chi connectivity index (χ0n) is 25.5. The number of fused-ring (bicyclic) bond motifs is 2. The van der Waals surface area contributed by atoms with Crippen LogP contribution in [0.25, 0.3) is 11.0 Å². The third-order valence-electron chi connectivity index (χ3n) is 8.90. The number of pyridine rings is 1. The number of phenols is 2. The summed E-state index contributed by atoms with van der Waals surface area (Å²) in [6, 6.07) is 13.2. The molecule has 2 aromatic heterocycles. The van der Waals surface area contributed by atoms with Crippen LogP contribution in [0.1, 0.15) is 41.6 Å². The molecule has 2 aromatic carbocycles. The number of aromatic hydroxyl groups is 2. The minimum Gasteiger partial charge on any atom is -0.504 e. The summed E-state index contributed by atoms with van der Waals surface area (Å²) < 4.78 is 22.6. The quantitative estimate of drug-likeness (QED) is 0.172. The van der Waals surface area contributed by atoms with E-state index in [1.54, 1.807) is 22.9 Å². The maximum Gasteiger partial charge on any atom is 0.335 e. The molecule has 2 unspecified atom stereocenters. The minimum absolute atomic E-state index is 0. The number of phenolic OH excluding ortho intramolecular Hbond substituents is 2. The van der Waals surface area contributed by atoms with Crippen molar-refractivity contribution in [2.45, 2.75) is 44.9 Å². The number of nitriles is 1. The van der Waals surface area contributed by atoms with Gasteiger partial charge in [0.15, 0.2) is 17.3 Å². The number of carbonyl (C=O) groups is 1. The van der Waals surface area contributed by atoms with Crippen molar-refractivity contribution in [3.8, 4) is 17.6 Å². The van der Waals surface area contributed by atoms with Gasteiger partial charge in [0.05, 0.1) is 60.1 Å². The van der Waals surface area contributed by atoms with Crippen LogP contribution in [0.15, 0.2) is 48.7 Å². The van der Waals surface area contributed by atoms with Crippen molar-refractivity contribution in [1.82, 2.24) is 19.4 Å². The van der Waals surface area contributed by atoms with Gasteiger partial charge in [-0.25, -0.2) is 20.6 Å². The Morgan fingerprint density at radius 2 is 1.96 bits per heavy atom. The van der Waals surface area contributed by atoms with Gasteiger partial charge in [0.1, 0.15) is 11.3 Å². The number of anilines is 1. The summed E-state index contributed by atoms with van der Waals surface area (Å²) in [6.45, 7) is 4.68. The number of rotatable bonds is 7. The first-order valence-electron chi connectivity index (χ1n) is 15.0. The zero-order chi connectivity index (χ0) is 32.6. The van der Waals surface area contributed by atoms with Gasteiger partial charge in [-0.05, 0) is 37.1 Å². The van der Waals surface area contributed by atoms with Crippen molar-refractivity contribution in [2.24, 2.45) is 5.41 Å². The SMILES string of the molecule is C[CH-]c1ccc(Cl)cn1.N#CC1(Cn2c(CN3CCN(c4cccc(O)c4O)C4COCC43)nc3c(F)cc(C(=O)O)cc32)CC1.[Cm]. The molecule has 1 saturated carbocycles. The van der Waals surface area contributed by atoms with Crippen LogP contribution in [0.3, 0.4) is 0 Å². The molecule has 248 valence electrons. The van der Waals surface area contributed by atoms with Crippen LogP contribution in [-0.2, 0) is 17.8 Å². The van der Waals surface area contributed by atoms with Crippen LogP contribution in [0, 0.1) is 29.0 Å². The molecule has 0 bridgehead atoms. The van der Waals surface area contributed by atoms with Gasteiger partial charge in [-0.2, -0.15) is 11.3 Å². The van der Waals surface area contributed by atoms with Crippen molar-refractivity contribution < 1.29 is 29.2 Å². The molecule has 2 aliphatic heterocycles. The van der Waals surface area contributed by atoms with Gasteiger partial charge in [-0.15, -0.1) is 13.0 Å². The first-order valence-corrected chi connectivity index (χ1v) is 15.3. The average molecular weight is 895 g/mol. The largest absolute Gasteiger partial charge is 0.504 e. The van der Waals surface area contributed by atoms with Crippen molar-refractivity contribution in [3.05, 3.63) is 83.0 Å². The van der Waals surface area contributed by atoms with E-state index in [4.69, 9.17) is 16.3 Å². The smallest absolute Gasteiger partial charge is 0.335 e. The molecule has 3 fully saturated rings. The molecule has 2 saturated heterocycles. The van der Waals surface area contributed by atoms with Gasteiger partial charge in [0.25, 0.3) is 0 Å². The third-order valence-corrected chi connectivity index (χ3v) is 9.12. The minimum atomic E-state index is -1.23. The summed E-state index contributed by atoms with van der Waals surface area (Å²) >= 11 is 5.59. The van der Waals surface area contributed by atoms with E-state index in [0.717, 1.165) is 24.6 Å². The second-order valence-corrected chi connectivity index (χ2v) is 12.2. The number of hydrogen-bond acceptors (Lipinski definition) is 9. The number of halogens is 2. The van der Waals surface area contributed by atoms with Crippen LogP contribution < -0.4 is 4.90 Å². The summed E-state index contributed by atoms with van der Waals surface area (Å²) in [6.07, 6.45) is 5.02. The maximum absolute atomic E-state index is 14.9. The van der Waals surface area contributed by atoms with Crippen molar-refractivity contribution >= 4 is 34.3 Å². The van der Waals surface area contributed by atoms with E-state index in [1.807, 2.05) is 30.4 Å². The van der Waals surface area contributed by atoms with Gasteiger partial charge >= 0.3 is 5.97 Å². The standard InChI is InChI=1S/C26H26FN5O5.C7H7ClN.Cm/c27-16-8-15(25(35)36)9-18-23(16)29-22(32(18)14-26(13-28)4-5-26)10-30-6-7-31(20-12-37-11-19(20)30)17-2-1-3-21(33)24(17)34;1-2-7-4-3-6(8)5-9-7;/h1-3,8-9,19-20,33-34H,4-7,10-12,14H2,(H,35,36);2-5H,1H3;/q;-1;. The Morgan fingerprint density at radius 3 is 2.62 bits per heavy atom. The number of para-hydroxylation sites is 1. The number of carboxylic acid groups (broad SMARTS) is 1. The van der Waals surface area contributed by atoms with E-state index < -0.39 is 17.2 Å². The number of aromatic carboxylic acids is 1. The summed E-state index contributed by atoms with van der Waals surface area (Å²) in [5, 5.41) is 40.3. The first kappa shape index (κ1) is 32.8. The monoisotopic (exact) mass is 890 g/mol. The zero-order valence-corrected chi connectivity index (χ0v) is 29.2. The van der Waals surface area contributed by atoms with E-state index in [1.165, 1.54) is 12.1 Å². The number of piperazine rings is 1. The Morgan fingerprint density at radius 1 is 1.19 bits per heavy atom. The van der Waals surface area contributed by atoms with Crippen LogP contribution in [0.2, 0.25) is 5.02 Å². The fraction of sp³-hybridized carbons (Fsp3) is 0.364. The first-order chi connectivity index (χ1) is 22.1. The second kappa shape index (κ2) is 13.0. The van der Waals surface area contributed by atoms with Gasteiger partial charge in [-0.1, -0.05) is 23.4 Å². The maximum atomic E-state index is 14.9. The summed E-state index contributed by atoms with van der Waals surface area (Å²) in [4.78, 5) is 24.4. The van der Waals surface area contributed by atoms with Gasteiger partial charge in [0, 0.05) is 30.9 Å². The summed E-state index contributed by atoms with van der Waals surface area (Å²) in [5.74, 6) is -1.72. The fourth-order valence-corrected chi connectivity index (χ4v) is 6.25. The predicted octanol–water partition coefficient (Wildman–Crippen LogP) is 4.99. The van der Waals surface area contributed by atoms with E-state index in [2.05, 4.69) is 20.9 Å². The molecule has 3 aliphatic rings. The molecule has 7 rings (SSSR count). The number of ether oxygens (including phenoxy) is 1. The molecule has 47 heavy (non-hydrogen) atoms. The Labute approximate surface area is 270 Å². The van der Waals surface area contributed by atoms with Crippen molar-refractivity contribution in [2.75, 3.05) is 31.2 Å². The molecule has 0 amide bonds. The van der Waals surface area contributed by atoms with Gasteiger partial charge in [0.2, 0.25) is 0 Å². The number of benzene rings is 2. The number of aromatic nitrogens is 3. The molecule has 0 radical (unpaired) electrons. The predicted molar refractivity (Wildman–Crippen MR) is 168 cm³/mol. The van der Waals surface area contributed by atoms with Crippen molar-refractivity contribution in [1.29, 1.82) is 5.26 Å². The molecule has 1 aliphatic carbocycles. The van der Waals surface area contributed by atoms with Gasteiger partial charge in [-0.3, -0.25) is 9.88 Å². The Hall–Kier alpha value is -5.57. The fourth-order valence-electron chi connectivity index (χ4n) is 6.14. The number of nitrogens with zero attached hydrogens (tertiary/aromatic N) is 6. The molecule has 4 aromatic rings. The van der Waals surface area contributed by atoms with Crippen LogP contribution in [0.4, 0.5) is 10.1 Å². The molecular weight excluding hydrogens is 862 g/mol. The number of carboxylic acids is 1. The number of imidazole rings is 1. The Kier molecular flexibility index (Phi) is 9.10. The molecular formula is C33H33ClCmFN6O5-. The summed E-state index contributed by atoms with van der Waals surface area (Å²) in [7, 11) is 0. The molecule has 0 spiro atoms. The van der Waals surface area contributed by atoms with Gasteiger partial charge < -0.3 is 29.5 Å². The average Bonchev–Trinajstić information content (AvgIpc) is 3.49. The van der Waals surface area contributed by atoms with Crippen LogP contribution >= 0.6 is 11.6 Å². The number of hydrogen-bond donors (Lipinski definition) is 3. The molecule has 2 atom stereocenters. The van der Waals surface area contributed by atoms with E-state index in [-0.39, 0.29) is 34.7 Å². The topological polar surface area (TPSA) is 148 Å². The molecule has 3 N–H and O–H groups in total.